The number of fused-ring (bicyclic) bond motifs is 2. The number of piperidine rings is 1. The van der Waals surface area contributed by atoms with Gasteiger partial charge in [-0.2, -0.15) is 26.3 Å². The molecule has 2 atom stereocenters. The molecule has 2 saturated heterocycles. The minimum atomic E-state index is -5.12. The second-order valence-electron chi connectivity index (χ2n) is 12.9. The summed E-state index contributed by atoms with van der Waals surface area (Å²) >= 11 is 0. The van der Waals surface area contributed by atoms with Crippen LogP contribution in [0.25, 0.3) is 0 Å². The topological polar surface area (TPSA) is 79.3 Å². The molecule has 2 aliphatic heterocycles. The molecule has 3 aromatic rings. The molecule has 0 saturated carbocycles. The Kier molecular flexibility index (Phi) is 9.26. The number of benzene rings is 3. The number of rotatable bonds is 8. The maximum absolute atomic E-state index is 13.9. The van der Waals surface area contributed by atoms with Crippen LogP contribution in [0, 0.1) is 5.82 Å². The van der Waals surface area contributed by atoms with E-state index in [0.717, 1.165) is 16.0 Å². The summed E-state index contributed by atoms with van der Waals surface area (Å²) in [6, 6.07) is 14.1. The second-order valence-corrected chi connectivity index (χ2v) is 12.9. The van der Waals surface area contributed by atoms with Gasteiger partial charge in [0, 0.05) is 17.5 Å². The van der Waals surface area contributed by atoms with Crippen LogP contribution >= 0.6 is 0 Å². The Morgan fingerprint density at radius 1 is 0.918 bits per heavy atom. The van der Waals surface area contributed by atoms with E-state index in [1.165, 1.54) is 24.3 Å². The zero-order chi connectivity index (χ0) is 35.2. The maximum atomic E-state index is 13.9. The van der Waals surface area contributed by atoms with Crippen LogP contribution < -0.4 is 0 Å². The summed E-state index contributed by atoms with van der Waals surface area (Å²) in [5, 5.41) is 9.25. The van der Waals surface area contributed by atoms with Crippen molar-refractivity contribution in [3.8, 4) is 0 Å². The van der Waals surface area contributed by atoms with Gasteiger partial charge in [-0.15, -0.1) is 0 Å². The molecular formula is C35H33F7N2O5. The number of nitrogens with zero attached hydrogens (tertiary/aromatic N) is 2. The molecule has 1 aliphatic carbocycles. The summed E-state index contributed by atoms with van der Waals surface area (Å²) in [7, 11) is 0. The first-order chi connectivity index (χ1) is 23.1. The van der Waals surface area contributed by atoms with E-state index in [0.29, 0.717) is 56.6 Å². The zero-order valence-electron chi connectivity index (χ0n) is 26.1. The molecule has 1 spiro atoms. The van der Waals surface area contributed by atoms with Crippen LogP contribution in [0.3, 0.4) is 0 Å². The first-order valence-corrected chi connectivity index (χ1v) is 15.7. The van der Waals surface area contributed by atoms with E-state index in [1.807, 2.05) is 18.2 Å². The van der Waals surface area contributed by atoms with E-state index in [-0.39, 0.29) is 30.6 Å². The lowest BCUT2D eigenvalue weighted by Gasteiger charge is -2.44. The van der Waals surface area contributed by atoms with Crippen molar-refractivity contribution < 1.29 is 54.9 Å². The van der Waals surface area contributed by atoms with Crippen molar-refractivity contribution in [2.75, 3.05) is 39.5 Å². The van der Waals surface area contributed by atoms with Crippen LogP contribution in [-0.2, 0) is 44.1 Å². The average Bonchev–Trinajstić information content (AvgIpc) is 3.63. The number of aliphatic carboxylic acids is 1. The Morgan fingerprint density at radius 2 is 1.55 bits per heavy atom. The van der Waals surface area contributed by atoms with Crippen molar-refractivity contribution >= 4 is 11.9 Å². The Hall–Kier alpha value is -4.01. The molecule has 0 aromatic heterocycles. The van der Waals surface area contributed by atoms with E-state index in [2.05, 4.69) is 11.0 Å². The molecule has 0 radical (unpaired) electrons. The molecule has 49 heavy (non-hydrogen) atoms. The van der Waals surface area contributed by atoms with Crippen LogP contribution in [0.15, 0.2) is 66.7 Å². The molecule has 2 fully saturated rings. The summed E-state index contributed by atoms with van der Waals surface area (Å²) in [6.45, 7) is 0.678. The number of carboxylic acids is 1. The summed E-state index contributed by atoms with van der Waals surface area (Å²) in [5.74, 6) is -2.63. The quantitative estimate of drug-likeness (QED) is 0.267. The molecule has 0 unspecified atom stereocenters. The van der Waals surface area contributed by atoms with Crippen LogP contribution in [-0.4, -0.2) is 72.4 Å². The van der Waals surface area contributed by atoms with Gasteiger partial charge in [0.15, 0.2) is 0 Å². The molecule has 1 N–H and O–H groups in total. The Bertz CT molecular complexity index is 1670. The summed E-state index contributed by atoms with van der Waals surface area (Å²) < 4.78 is 107. The van der Waals surface area contributed by atoms with Crippen molar-refractivity contribution in [1.29, 1.82) is 0 Å². The largest absolute Gasteiger partial charge is 0.480 e. The van der Waals surface area contributed by atoms with Gasteiger partial charge in [0.25, 0.3) is 5.91 Å². The lowest BCUT2D eigenvalue weighted by molar-refractivity contribution is -0.146. The van der Waals surface area contributed by atoms with Gasteiger partial charge in [0.2, 0.25) is 0 Å². The third-order valence-electron chi connectivity index (χ3n) is 10.00. The molecule has 14 heteroatoms. The fourth-order valence-electron chi connectivity index (χ4n) is 7.46. The molecular weight excluding hydrogens is 661 g/mol. The molecule has 262 valence electrons. The predicted octanol–water partition coefficient (Wildman–Crippen LogP) is 6.64. The maximum Gasteiger partial charge on any atom is 0.416 e. The third kappa shape index (κ3) is 7.04. The van der Waals surface area contributed by atoms with E-state index in [4.69, 9.17) is 9.47 Å². The van der Waals surface area contributed by atoms with Crippen LogP contribution in [0.2, 0.25) is 0 Å². The first kappa shape index (κ1) is 34.8. The minimum Gasteiger partial charge on any atom is -0.480 e. The van der Waals surface area contributed by atoms with Crippen molar-refractivity contribution in [3.63, 3.8) is 0 Å². The van der Waals surface area contributed by atoms with Gasteiger partial charge in [0.05, 0.1) is 23.8 Å². The molecule has 2 heterocycles. The smallest absolute Gasteiger partial charge is 0.416 e. The third-order valence-corrected chi connectivity index (χ3v) is 10.00. The second kappa shape index (κ2) is 13.0. The van der Waals surface area contributed by atoms with Crippen molar-refractivity contribution in [2.24, 2.45) is 0 Å². The molecule has 6 rings (SSSR count). The van der Waals surface area contributed by atoms with E-state index >= 15 is 0 Å². The molecule has 7 nitrogen and oxygen atoms in total. The number of ether oxygens (including phenoxy) is 2. The molecule has 1 amide bonds. The number of amides is 1. The summed E-state index contributed by atoms with van der Waals surface area (Å²) in [4.78, 5) is 28.0. The summed E-state index contributed by atoms with van der Waals surface area (Å²) in [5.41, 5.74) is -2.80. The van der Waals surface area contributed by atoms with E-state index < -0.39 is 65.7 Å². The molecule has 3 aliphatic rings. The highest BCUT2D eigenvalue weighted by Crippen LogP contribution is 2.48. The van der Waals surface area contributed by atoms with Crippen molar-refractivity contribution in [2.45, 2.75) is 55.2 Å². The number of hydrogen-bond donors (Lipinski definition) is 1. The fraction of sp³-hybridized carbons (Fsp3) is 0.429. The highest BCUT2D eigenvalue weighted by Gasteiger charge is 2.50. The van der Waals surface area contributed by atoms with Gasteiger partial charge in [0.1, 0.15) is 24.8 Å². The van der Waals surface area contributed by atoms with Gasteiger partial charge in [-0.25, -0.2) is 9.18 Å². The highest BCUT2D eigenvalue weighted by atomic mass is 19.4. The molecule has 0 bridgehead atoms. The number of carbonyl (C=O) groups excluding carboxylic acids is 1. The monoisotopic (exact) mass is 694 g/mol. The lowest BCUT2D eigenvalue weighted by atomic mass is 9.72. The van der Waals surface area contributed by atoms with Gasteiger partial charge in [-0.1, -0.05) is 36.4 Å². The minimum absolute atomic E-state index is 0.0342. The van der Waals surface area contributed by atoms with Crippen LogP contribution in [0.1, 0.15) is 57.4 Å². The Morgan fingerprint density at radius 3 is 2.16 bits per heavy atom. The van der Waals surface area contributed by atoms with Gasteiger partial charge >= 0.3 is 18.3 Å². The number of carbonyl (C=O) groups is 2. The van der Waals surface area contributed by atoms with Gasteiger partial charge in [-0.05, 0) is 85.8 Å². The standard InChI is InChI=1S/C35H33F7N2O5/c36-27-7-5-24(6-8-27)33(20-44(21-49-33)31(47)23-15-25(34(37,38)39)18-26(16-23)35(40,41)42)11-14-43-12-9-32(10-13-43)28-4-2-1-3-22(28)17-29(32)48-19-30(45)46/h1-8,15-16,18,29H,9-14,17,19-21H2,(H,45,46)/t29-,33+/m0/s1. The summed E-state index contributed by atoms with van der Waals surface area (Å²) in [6.07, 6.45) is -8.30. The number of alkyl halides is 6. The Labute approximate surface area is 277 Å². The van der Waals surface area contributed by atoms with Crippen molar-refractivity contribution in [3.05, 3.63) is 106 Å². The predicted molar refractivity (Wildman–Crippen MR) is 161 cm³/mol. The first-order valence-electron chi connectivity index (χ1n) is 15.7. The number of hydrogen-bond acceptors (Lipinski definition) is 5. The number of carboxylic acid groups (broad SMARTS) is 1. The SMILES string of the molecule is O=C(O)CO[C@H]1Cc2ccccc2C12CCN(CC[C@]1(c3ccc(F)cc3)CN(C(=O)c3cc(C(F)(F)F)cc(C(F)(F)F)c3)CO1)CC2. The van der Waals surface area contributed by atoms with Crippen molar-refractivity contribution in [1.82, 2.24) is 9.80 Å². The highest BCUT2D eigenvalue weighted by molar-refractivity contribution is 5.95. The Balaban J connectivity index is 1.20. The van der Waals surface area contributed by atoms with Crippen LogP contribution in [0.4, 0.5) is 30.7 Å². The molecule has 3 aromatic carbocycles. The van der Waals surface area contributed by atoms with E-state index in [9.17, 15) is 45.4 Å². The van der Waals surface area contributed by atoms with E-state index in [1.54, 1.807) is 0 Å². The van der Waals surface area contributed by atoms with Crippen LogP contribution in [0.5, 0.6) is 0 Å². The normalized spacial score (nSPS) is 22.4. The average molecular weight is 695 g/mol. The van der Waals surface area contributed by atoms with Gasteiger partial charge in [-0.3, -0.25) is 4.79 Å². The van der Waals surface area contributed by atoms with Gasteiger partial charge < -0.3 is 24.4 Å². The fourth-order valence-corrected chi connectivity index (χ4v) is 7.46. The number of likely N-dealkylation sites (tertiary alicyclic amines) is 1. The number of halogens is 7. The zero-order valence-corrected chi connectivity index (χ0v) is 26.1. The lowest BCUT2D eigenvalue weighted by Crippen LogP contribution is -2.49.